The number of nitrogen functional groups attached to an aromatic ring is 2. The number of halogens is 1. The summed E-state index contributed by atoms with van der Waals surface area (Å²) in [6.07, 6.45) is 0. The zero-order chi connectivity index (χ0) is 17.6. The molecular weight excluding hydrogens is 297 g/mol. The second kappa shape index (κ2) is 7.80. The van der Waals surface area contributed by atoms with Crippen LogP contribution in [0.5, 0.6) is 11.5 Å². The minimum absolute atomic E-state index is 0.101. The largest absolute Gasteiger partial charge is 0.453 e. The first-order valence-corrected chi connectivity index (χ1v) is 7.00. The maximum Gasteiger partial charge on any atom is 0.182 e. The van der Waals surface area contributed by atoms with Crippen molar-refractivity contribution in [3.63, 3.8) is 0 Å². The summed E-state index contributed by atoms with van der Waals surface area (Å²) in [5, 5.41) is 9.04. The van der Waals surface area contributed by atoms with Crippen molar-refractivity contribution in [1.82, 2.24) is 0 Å². The molecule has 0 saturated carbocycles. The Morgan fingerprint density at radius 1 is 1.17 bits per heavy atom. The molecule has 6 heteroatoms. The molecule has 2 aromatic carbocycles. The number of nitrogens with two attached hydrogens (primary N) is 2. The van der Waals surface area contributed by atoms with Crippen LogP contribution in [-0.2, 0) is 0 Å². The minimum Gasteiger partial charge on any atom is -0.453 e. The van der Waals surface area contributed by atoms with Crippen LogP contribution < -0.4 is 16.2 Å². The van der Waals surface area contributed by atoms with Gasteiger partial charge >= 0.3 is 0 Å². The Morgan fingerprint density at radius 3 is 2.35 bits per heavy atom. The van der Waals surface area contributed by atoms with E-state index < -0.39 is 5.82 Å². The predicted molar refractivity (Wildman–Crippen MR) is 87.8 cm³/mol. The molecule has 0 aliphatic heterocycles. The van der Waals surface area contributed by atoms with E-state index in [1.54, 1.807) is 6.07 Å². The Labute approximate surface area is 134 Å². The standard InChI is InChI=1S/C15H12FN3O2.C2H6/c1-8(20)10-6-9(2-4-13(10)18)21-15-11(7-17)14(19)5-3-12(15)16;1-2/h2-6H,18-19H2,1H3;1-2H3. The van der Waals surface area contributed by atoms with Gasteiger partial charge in [0.2, 0.25) is 0 Å². The maximum atomic E-state index is 13.8. The summed E-state index contributed by atoms with van der Waals surface area (Å²) >= 11 is 0. The number of carbonyl (C=O) groups excluding carboxylic acids is 1. The summed E-state index contributed by atoms with van der Waals surface area (Å²) in [6, 6.07) is 8.52. The highest BCUT2D eigenvalue weighted by Crippen LogP contribution is 2.32. The van der Waals surface area contributed by atoms with Crippen LogP contribution in [0, 0.1) is 17.1 Å². The van der Waals surface area contributed by atoms with Crippen LogP contribution in [-0.4, -0.2) is 5.78 Å². The van der Waals surface area contributed by atoms with Crippen molar-refractivity contribution < 1.29 is 13.9 Å². The number of anilines is 2. The Morgan fingerprint density at radius 2 is 1.78 bits per heavy atom. The lowest BCUT2D eigenvalue weighted by Crippen LogP contribution is -2.01. The molecule has 0 amide bonds. The first-order valence-electron chi connectivity index (χ1n) is 7.00. The molecule has 0 spiro atoms. The Bertz CT molecular complexity index is 767. The zero-order valence-corrected chi connectivity index (χ0v) is 13.2. The highest BCUT2D eigenvalue weighted by molar-refractivity contribution is 5.99. The van der Waals surface area contributed by atoms with Gasteiger partial charge in [-0.3, -0.25) is 4.79 Å². The van der Waals surface area contributed by atoms with E-state index in [0.717, 1.165) is 6.07 Å². The summed E-state index contributed by atoms with van der Waals surface area (Å²) in [5.74, 6) is -1.05. The molecular formula is C17H18FN3O2. The third kappa shape index (κ3) is 3.98. The Kier molecular flexibility index (Phi) is 6.10. The molecule has 0 unspecified atom stereocenters. The fourth-order valence-electron chi connectivity index (χ4n) is 1.81. The first kappa shape index (κ1) is 18.0. The molecule has 23 heavy (non-hydrogen) atoms. The summed E-state index contributed by atoms with van der Waals surface area (Å²) in [4.78, 5) is 11.4. The second-order valence-corrected chi connectivity index (χ2v) is 4.36. The van der Waals surface area contributed by atoms with Crippen molar-refractivity contribution >= 4 is 17.2 Å². The molecule has 0 bridgehead atoms. The third-order valence-corrected chi connectivity index (χ3v) is 2.88. The second-order valence-electron chi connectivity index (χ2n) is 4.36. The number of ether oxygens (including phenoxy) is 1. The van der Waals surface area contributed by atoms with Crippen LogP contribution in [0.4, 0.5) is 15.8 Å². The van der Waals surface area contributed by atoms with Gasteiger partial charge in [-0.05, 0) is 37.3 Å². The van der Waals surface area contributed by atoms with E-state index in [4.69, 9.17) is 21.5 Å². The first-order chi connectivity index (χ1) is 10.9. The molecule has 5 nitrogen and oxygen atoms in total. The summed E-state index contributed by atoms with van der Waals surface area (Å²) < 4.78 is 19.2. The summed E-state index contributed by atoms with van der Waals surface area (Å²) in [6.45, 7) is 5.36. The summed E-state index contributed by atoms with van der Waals surface area (Å²) in [5.41, 5.74) is 11.8. The third-order valence-electron chi connectivity index (χ3n) is 2.88. The molecule has 0 fully saturated rings. The highest BCUT2D eigenvalue weighted by Gasteiger charge is 2.15. The average molecular weight is 315 g/mol. The van der Waals surface area contributed by atoms with Crippen LogP contribution in [0.3, 0.4) is 0 Å². The van der Waals surface area contributed by atoms with E-state index in [2.05, 4.69) is 0 Å². The highest BCUT2D eigenvalue weighted by atomic mass is 19.1. The molecule has 4 N–H and O–H groups in total. The lowest BCUT2D eigenvalue weighted by atomic mass is 10.1. The van der Waals surface area contributed by atoms with E-state index in [0.29, 0.717) is 5.69 Å². The maximum absolute atomic E-state index is 13.8. The van der Waals surface area contributed by atoms with Crippen LogP contribution in [0.2, 0.25) is 0 Å². The van der Waals surface area contributed by atoms with Gasteiger partial charge in [-0.15, -0.1) is 0 Å². The van der Waals surface area contributed by atoms with Crippen molar-refractivity contribution in [3.05, 3.63) is 47.3 Å². The molecule has 0 aliphatic carbocycles. The van der Waals surface area contributed by atoms with Crippen LogP contribution in [0.25, 0.3) is 0 Å². The van der Waals surface area contributed by atoms with Gasteiger partial charge in [0.25, 0.3) is 0 Å². The van der Waals surface area contributed by atoms with Gasteiger partial charge < -0.3 is 16.2 Å². The predicted octanol–water partition coefficient (Wildman–Crippen LogP) is 3.88. The zero-order valence-electron chi connectivity index (χ0n) is 13.2. The summed E-state index contributed by atoms with van der Waals surface area (Å²) in [7, 11) is 0. The van der Waals surface area contributed by atoms with E-state index in [1.165, 1.54) is 31.2 Å². The van der Waals surface area contributed by atoms with Gasteiger partial charge in [0.15, 0.2) is 17.3 Å². The van der Waals surface area contributed by atoms with Gasteiger partial charge in [0, 0.05) is 11.3 Å². The van der Waals surface area contributed by atoms with Gasteiger partial charge in [0.1, 0.15) is 17.4 Å². The van der Waals surface area contributed by atoms with E-state index in [1.807, 2.05) is 13.8 Å². The van der Waals surface area contributed by atoms with Crippen LogP contribution >= 0.6 is 0 Å². The smallest absolute Gasteiger partial charge is 0.182 e. The number of nitrogens with zero attached hydrogens (tertiary/aromatic N) is 1. The monoisotopic (exact) mass is 315 g/mol. The normalized spacial score (nSPS) is 9.35. The molecule has 0 saturated heterocycles. The van der Waals surface area contributed by atoms with Crippen molar-refractivity contribution in [1.29, 1.82) is 5.26 Å². The van der Waals surface area contributed by atoms with Crippen molar-refractivity contribution in [3.8, 4) is 17.6 Å². The van der Waals surface area contributed by atoms with E-state index >= 15 is 0 Å². The average Bonchev–Trinajstić information content (AvgIpc) is 2.54. The molecule has 2 rings (SSSR count). The van der Waals surface area contributed by atoms with Gasteiger partial charge in [0.05, 0.1) is 5.69 Å². The van der Waals surface area contributed by atoms with Gasteiger partial charge in [-0.2, -0.15) is 5.26 Å². The van der Waals surface area contributed by atoms with Gasteiger partial charge in [-0.1, -0.05) is 13.8 Å². The fourth-order valence-corrected chi connectivity index (χ4v) is 1.81. The lowest BCUT2D eigenvalue weighted by Gasteiger charge is -2.11. The van der Waals surface area contributed by atoms with Crippen LogP contribution in [0.1, 0.15) is 36.7 Å². The van der Waals surface area contributed by atoms with Crippen molar-refractivity contribution in [2.24, 2.45) is 0 Å². The van der Waals surface area contributed by atoms with E-state index in [-0.39, 0.29) is 34.1 Å². The van der Waals surface area contributed by atoms with E-state index in [9.17, 15) is 9.18 Å². The molecule has 0 aromatic heterocycles. The number of ketones is 1. The number of benzene rings is 2. The Balaban J connectivity index is 0.00000127. The Hall–Kier alpha value is -3.07. The quantitative estimate of drug-likeness (QED) is 0.661. The number of nitriles is 1. The molecule has 0 heterocycles. The number of hydrogen-bond donors (Lipinski definition) is 2. The number of hydrogen-bond acceptors (Lipinski definition) is 5. The lowest BCUT2D eigenvalue weighted by molar-refractivity contribution is 0.101. The fraction of sp³-hybridized carbons (Fsp3) is 0.176. The van der Waals surface area contributed by atoms with Crippen molar-refractivity contribution in [2.45, 2.75) is 20.8 Å². The van der Waals surface area contributed by atoms with Crippen molar-refractivity contribution in [2.75, 3.05) is 11.5 Å². The molecule has 0 atom stereocenters. The number of rotatable bonds is 3. The topological polar surface area (TPSA) is 102 Å². The molecule has 0 aliphatic rings. The number of carbonyl (C=O) groups is 1. The SMILES string of the molecule is CC.CC(=O)c1cc(Oc2c(F)ccc(N)c2C#N)ccc1N. The molecule has 0 radical (unpaired) electrons. The van der Waals surface area contributed by atoms with Crippen LogP contribution in [0.15, 0.2) is 30.3 Å². The number of Topliss-reactive ketones (excluding diaryl/α,β-unsaturated/α-hetero) is 1. The minimum atomic E-state index is -0.720. The molecule has 2 aromatic rings. The van der Waals surface area contributed by atoms with Gasteiger partial charge in [-0.25, -0.2) is 4.39 Å². The molecule has 120 valence electrons.